The highest BCUT2D eigenvalue weighted by atomic mass is 32.2. The van der Waals surface area contributed by atoms with Gasteiger partial charge < -0.3 is 10.3 Å². The molecule has 0 radical (unpaired) electrons. The van der Waals surface area contributed by atoms with Gasteiger partial charge in [0.15, 0.2) is 19.7 Å². The second-order valence-corrected chi connectivity index (χ2v) is 8.22. The molecule has 20 heavy (non-hydrogen) atoms. The molecule has 0 unspecified atom stereocenters. The van der Waals surface area contributed by atoms with Crippen LogP contribution in [0.2, 0.25) is 0 Å². The minimum absolute atomic E-state index is 0.0828. The van der Waals surface area contributed by atoms with E-state index >= 15 is 0 Å². The molecule has 0 amide bonds. The van der Waals surface area contributed by atoms with Gasteiger partial charge in [0.05, 0.1) is 21.6 Å². The molecular weight excluding hydrogens is 304 g/mol. The summed E-state index contributed by atoms with van der Waals surface area (Å²) in [6, 6.07) is 4.12. The van der Waals surface area contributed by atoms with Crippen LogP contribution in [0.25, 0.3) is 11.1 Å². The molecule has 2 rings (SSSR count). The van der Waals surface area contributed by atoms with Crippen LogP contribution in [0.4, 0.5) is 5.88 Å². The molecule has 1 aromatic carbocycles. The Labute approximate surface area is 116 Å². The second kappa shape index (κ2) is 4.60. The molecule has 0 atom stereocenters. The molecule has 9 heteroatoms. The Balaban J connectivity index is 2.95. The monoisotopic (exact) mass is 316 g/mol. The maximum atomic E-state index is 12.0. The van der Waals surface area contributed by atoms with Gasteiger partial charge in [0, 0.05) is 18.1 Å². The molecule has 1 heterocycles. The van der Waals surface area contributed by atoms with E-state index in [2.05, 4.69) is 5.16 Å². The lowest BCUT2D eigenvalue weighted by atomic mass is 10.1. The van der Waals surface area contributed by atoms with Crippen LogP contribution >= 0.6 is 0 Å². The highest BCUT2D eigenvalue weighted by Gasteiger charge is 2.26. The lowest BCUT2D eigenvalue weighted by Crippen LogP contribution is -2.09. The largest absolute Gasteiger partial charge is 0.367 e. The van der Waals surface area contributed by atoms with Crippen LogP contribution in [0.3, 0.4) is 0 Å². The van der Waals surface area contributed by atoms with Crippen LogP contribution in [-0.2, 0) is 19.7 Å². The fourth-order valence-electron chi connectivity index (χ4n) is 1.85. The minimum atomic E-state index is -3.79. The summed E-state index contributed by atoms with van der Waals surface area (Å²) in [4.78, 5) is -0.587. The molecule has 0 aliphatic heterocycles. The first-order chi connectivity index (χ1) is 9.12. The van der Waals surface area contributed by atoms with Gasteiger partial charge in [-0.2, -0.15) is 0 Å². The van der Waals surface area contributed by atoms with E-state index < -0.39 is 19.7 Å². The number of rotatable bonds is 3. The van der Waals surface area contributed by atoms with Crippen molar-refractivity contribution in [1.82, 2.24) is 5.16 Å². The zero-order valence-corrected chi connectivity index (χ0v) is 12.3. The number of aromatic nitrogens is 1. The number of nitrogens with zero attached hydrogens (tertiary/aromatic N) is 1. The number of sulfone groups is 2. The van der Waals surface area contributed by atoms with E-state index in [0.29, 0.717) is 0 Å². The number of anilines is 1. The first kappa shape index (κ1) is 14.5. The van der Waals surface area contributed by atoms with E-state index in [1.165, 1.54) is 24.4 Å². The molecule has 0 saturated carbocycles. The van der Waals surface area contributed by atoms with Crippen molar-refractivity contribution in [2.75, 3.05) is 18.2 Å². The van der Waals surface area contributed by atoms with Crippen LogP contribution in [0.15, 0.2) is 38.7 Å². The molecule has 2 N–H and O–H groups in total. The van der Waals surface area contributed by atoms with Crippen molar-refractivity contribution in [1.29, 1.82) is 0 Å². The Kier molecular flexibility index (Phi) is 3.34. The number of nitrogen functional groups attached to an aromatic ring is 1. The van der Waals surface area contributed by atoms with Crippen molar-refractivity contribution in [2.24, 2.45) is 0 Å². The van der Waals surface area contributed by atoms with Crippen molar-refractivity contribution in [2.45, 2.75) is 9.79 Å². The Bertz CT molecular complexity index is 866. The quantitative estimate of drug-likeness (QED) is 0.886. The zero-order chi connectivity index (χ0) is 15.1. The van der Waals surface area contributed by atoms with Crippen LogP contribution in [0.5, 0.6) is 0 Å². The summed E-state index contributed by atoms with van der Waals surface area (Å²) in [5.41, 5.74) is 5.95. The Morgan fingerprint density at radius 2 is 1.70 bits per heavy atom. The maximum absolute atomic E-state index is 12.0. The van der Waals surface area contributed by atoms with Crippen LogP contribution < -0.4 is 5.73 Å². The van der Waals surface area contributed by atoms with Crippen molar-refractivity contribution < 1.29 is 21.4 Å². The number of hydrogen-bond donors (Lipinski definition) is 1. The summed E-state index contributed by atoms with van der Waals surface area (Å²) >= 11 is 0. The lowest BCUT2D eigenvalue weighted by molar-refractivity contribution is 0.436. The molecule has 0 saturated heterocycles. The van der Waals surface area contributed by atoms with E-state index in [1.54, 1.807) is 0 Å². The second-order valence-electron chi connectivity index (χ2n) is 4.28. The van der Waals surface area contributed by atoms with Crippen LogP contribution in [0, 0.1) is 0 Å². The summed E-state index contributed by atoms with van der Waals surface area (Å²) < 4.78 is 52.2. The van der Waals surface area contributed by atoms with E-state index in [4.69, 9.17) is 10.3 Å². The zero-order valence-electron chi connectivity index (χ0n) is 10.7. The van der Waals surface area contributed by atoms with E-state index in [1.807, 2.05) is 0 Å². The average molecular weight is 316 g/mol. The number of nitrogens with two attached hydrogens (primary N) is 1. The van der Waals surface area contributed by atoms with Crippen LogP contribution in [-0.4, -0.2) is 34.5 Å². The third-order valence-corrected chi connectivity index (χ3v) is 5.09. The molecule has 7 nitrogen and oxygen atoms in total. The summed E-state index contributed by atoms with van der Waals surface area (Å²) in [5, 5.41) is 3.47. The van der Waals surface area contributed by atoms with Crippen molar-refractivity contribution in [3.8, 4) is 11.1 Å². The molecule has 0 bridgehead atoms. The van der Waals surface area contributed by atoms with E-state index in [0.717, 1.165) is 12.5 Å². The van der Waals surface area contributed by atoms with Crippen LogP contribution in [0.1, 0.15) is 0 Å². The van der Waals surface area contributed by atoms with E-state index in [-0.39, 0.29) is 26.8 Å². The van der Waals surface area contributed by atoms with Gasteiger partial charge in [0.1, 0.15) is 0 Å². The van der Waals surface area contributed by atoms with Crippen molar-refractivity contribution >= 4 is 25.6 Å². The van der Waals surface area contributed by atoms with Crippen molar-refractivity contribution in [3.05, 3.63) is 24.4 Å². The maximum Gasteiger partial charge on any atom is 0.229 e. The Hall–Kier alpha value is -1.87. The highest BCUT2D eigenvalue weighted by Crippen LogP contribution is 2.35. The predicted molar refractivity (Wildman–Crippen MR) is 72.6 cm³/mol. The molecule has 108 valence electrons. The van der Waals surface area contributed by atoms with Gasteiger partial charge in [0.2, 0.25) is 5.88 Å². The average Bonchev–Trinajstić information content (AvgIpc) is 2.72. The van der Waals surface area contributed by atoms with Gasteiger partial charge in [-0.3, -0.25) is 0 Å². The fraction of sp³-hybridized carbons (Fsp3) is 0.182. The molecule has 0 aliphatic rings. The van der Waals surface area contributed by atoms with Gasteiger partial charge in [-0.25, -0.2) is 16.8 Å². The van der Waals surface area contributed by atoms with Gasteiger partial charge >= 0.3 is 0 Å². The third kappa shape index (κ3) is 2.54. The van der Waals surface area contributed by atoms with E-state index in [9.17, 15) is 16.8 Å². The standard InChI is InChI=1S/C11H12N2O5S2/c1-19(14,15)9-5-3-4-7(10(9)20(2,16)17)8-6-13-18-11(8)12/h3-6H,12H2,1-2H3. The summed E-state index contributed by atoms with van der Waals surface area (Å²) in [6.45, 7) is 0. The predicted octanol–water partition coefficient (Wildman–Crippen LogP) is 0.731. The molecule has 0 aliphatic carbocycles. The van der Waals surface area contributed by atoms with Gasteiger partial charge in [0.25, 0.3) is 0 Å². The summed E-state index contributed by atoms with van der Waals surface area (Å²) in [6.07, 6.45) is 3.12. The van der Waals surface area contributed by atoms with Gasteiger partial charge in [-0.15, -0.1) is 0 Å². The molecule has 2 aromatic rings. The normalized spacial score (nSPS) is 12.5. The first-order valence-corrected chi connectivity index (χ1v) is 9.14. The summed E-state index contributed by atoms with van der Waals surface area (Å²) in [5.74, 6) is -0.0828. The molecular formula is C11H12N2O5S2. The fourth-order valence-corrected chi connectivity index (χ4v) is 4.54. The minimum Gasteiger partial charge on any atom is -0.367 e. The lowest BCUT2D eigenvalue weighted by Gasteiger charge is -2.11. The number of benzene rings is 1. The topological polar surface area (TPSA) is 120 Å². The Morgan fingerprint density at radius 1 is 1.05 bits per heavy atom. The smallest absolute Gasteiger partial charge is 0.229 e. The Morgan fingerprint density at radius 3 is 2.15 bits per heavy atom. The van der Waals surface area contributed by atoms with Gasteiger partial charge in [-0.1, -0.05) is 17.3 Å². The van der Waals surface area contributed by atoms with Crippen molar-refractivity contribution in [3.63, 3.8) is 0 Å². The van der Waals surface area contributed by atoms with Gasteiger partial charge in [-0.05, 0) is 6.07 Å². The third-order valence-electron chi connectivity index (χ3n) is 2.64. The molecule has 0 fully saturated rings. The molecule has 0 spiro atoms. The number of hydrogen-bond acceptors (Lipinski definition) is 7. The first-order valence-electron chi connectivity index (χ1n) is 5.36. The highest BCUT2D eigenvalue weighted by molar-refractivity contribution is 7.93. The SMILES string of the molecule is CS(=O)(=O)c1cccc(-c2cnoc2N)c1S(C)(=O)=O. The summed E-state index contributed by atoms with van der Waals surface area (Å²) in [7, 11) is -7.51. The molecule has 1 aromatic heterocycles.